The summed E-state index contributed by atoms with van der Waals surface area (Å²) in [7, 11) is -3.96. The molecule has 0 aliphatic rings. The molecule has 2 aromatic carbocycles. The highest BCUT2D eigenvalue weighted by Gasteiger charge is 2.13. The van der Waals surface area contributed by atoms with Gasteiger partial charge in [0.05, 0.1) is 4.90 Å². The van der Waals surface area contributed by atoms with Crippen LogP contribution in [0.25, 0.3) is 6.08 Å². The van der Waals surface area contributed by atoms with Crippen LogP contribution >= 0.6 is 28.1 Å². The molecule has 0 radical (unpaired) electrons. The van der Waals surface area contributed by atoms with Crippen molar-refractivity contribution in [3.8, 4) is 0 Å². The van der Waals surface area contributed by atoms with Gasteiger partial charge in [-0.1, -0.05) is 28.1 Å². The van der Waals surface area contributed by atoms with Gasteiger partial charge in [-0.3, -0.25) is 10.1 Å². The Labute approximate surface area is 175 Å². The van der Waals surface area contributed by atoms with Crippen LogP contribution in [0.15, 0.2) is 68.4 Å². The number of benzene rings is 2. The van der Waals surface area contributed by atoms with Crippen molar-refractivity contribution in [1.82, 2.24) is 5.32 Å². The molecule has 8 nitrogen and oxygen atoms in total. The lowest BCUT2D eigenvalue weighted by Gasteiger charge is -2.08. The van der Waals surface area contributed by atoms with Gasteiger partial charge in [0.2, 0.25) is 11.9 Å². The molecule has 1 amide bonds. The van der Waals surface area contributed by atoms with Crippen LogP contribution in [0.4, 0.5) is 5.69 Å². The first-order chi connectivity index (χ1) is 13.2. The maximum Gasteiger partial charge on any atom is 0.285 e. The highest BCUT2D eigenvalue weighted by molar-refractivity contribution is 9.10. The first kappa shape index (κ1) is 21.5. The van der Waals surface area contributed by atoms with Gasteiger partial charge in [-0.15, -0.1) is 4.40 Å². The minimum Gasteiger partial charge on any atom is -0.369 e. The van der Waals surface area contributed by atoms with E-state index in [1.807, 2.05) is 24.3 Å². The average molecular weight is 482 g/mol. The third-order valence-corrected chi connectivity index (χ3v) is 5.22. The Balaban J connectivity index is 1.94. The predicted octanol–water partition coefficient (Wildman–Crippen LogP) is 1.94. The molecule has 0 unspecified atom stereocenters. The van der Waals surface area contributed by atoms with Crippen LogP contribution in [-0.4, -0.2) is 25.4 Å². The van der Waals surface area contributed by atoms with Gasteiger partial charge in [0.15, 0.2) is 5.11 Å². The molecule has 146 valence electrons. The van der Waals surface area contributed by atoms with Gasteiger partial charge < -0.3 is 16.8 Å². The second-order valence-corrected chi connectivity index (χ2v) is 8.27. The summed E-state index contributed by atoms with van der Waals surface area (Å²) in [6.45, 7) is 0. The number of hydrogen-bond acceptors (Lipinski definition) is 4. The summed E-state index contributed by atoms with van der Waals surface area (Å²) in [6, 6.07) is 13.0. The van der Waals surface area contributed by atoms with Crippen LogP contribution in [-0.2, 0) is 14.8 Å². The van der Waals surface area contributed by atoms with E-state index in [2.05, 4.69) is 31.0 Å². The van der Waals surface area contributed by atoms with Crippen LogP contribution in [0.5, 0.6) is 0 Å². The van der Waals surface area contributed by atoms with Crippen LogP contribution in [0, 0.1) is 0 Å². The first-order valence-corrected chi connectivity index (χ1v) is 10.3. The SMILES string of the molecule is NC(N)=NS(=O)(=O)c1ccc(NC(=S)NC(=O)/C=C/c2ccc(Br)cc2)cc1. The van der Waals surface area contributed by atoms with Crippen LogP contribution < -0.4 is 22.1 Å². The molecule has 0 spiro atoms. The number of amides is 1. The van der Waals surface area contributed by atoms with Gasteiger partial charge in [-0.05, 0) is 60.3 Å². The molecule has 6 N–H and O–H groups in total. The van der Waals surface area contributed by atoms with Gasteiger partial charge in [-0.25, -0.2) is 0 Å². The Morgan fingerprint density at radius 3 is 2.25 bits per heavy atom. The minimum absolute atomic E-state index is 0.0605. The topological polar surface area (TPSA) is 140 Å². The number of halogens is 1. The molecule has 0 atom stereocenters. The van der Waals surface area contributed by atoms with E-state index < -0.39 is 21.9 Å². The number of hydrogen-bond donors (Lipinski definition) is 4. The highest BCUT2D eigenvalue weighted by Crippen LogP contribution is 2.16. The summed E-state index contributed by atoms with van der Waals surface area (Å²) in [5.41, 5.74) is 11.5. The van der Waals surface area contributed by atoms with E-state index in [9.17, 15) is 13.2 Å². The maximum atomic E-state index is 11.9. The summed E-state index contributed by atoms with van der Waals surface area (Å²) >= 11 is 8.40. The lowest BCUT2D eigenvalue weighted by Crippen LogP contribution is -2.32. The van der Waals surface area contributed by atoms with Crippen molar-refractivity contribution in [3.05, 3.63) is 64.6 Å². The molecule has 0 fully saturated rings. The third kappa shape index (κ3) is 6.76. The van der Waals surface area contributed by atoms with Crippen molar-refractivity contribution in [3.63, 3.8) is 0 Å². The molecule has 0 heterocycles. The van der Waals surface area contributed by atoms with Crippen molar-refractivity contribution < 1.29 is 13.2 Å². The van der Waals surface area contributed by atoms with E-state index in [0.717, 1.165) is 10.0 Å². The number of sulfonamides is 1. The number of nitrogens with one attached hydrogen (secondary N) is 2. The Bertz CT molecular complexity index is 1030. The molecule has 0 aliphatic heterocycles. The van der Waals surface area contributed by atoms with E-state index in [-0.39, 0.29) is 10.0 Å². The zero-order chi connectivity index (χ0) is 20.7. The quantitative estimate of drug-likeness (QED) is 0.221. The largest absolute Gasteiger partial charge is 0.369 e. The Morgan fingerprint density at radius 1 is 1.07 bits per heavy atom. The molecular formula is C17H16BrN5O3S2. The van der Waals surface area contributed by atoms with E-state index in [0.29, 0.717) is 5.69 Å². The predicted molar refractivity (Wildman–Crippen MR) is 117 cm³/mol. The van der Waals surface area contributed by atoms with Crippen molar-refractivity contribution in [2.45, 2.75) is 4.90 Å². The first-order valence-electron chi connectivity index (χ1n) is 7.67. The smallest absolute Gasteiger partial charge is 0.285 e. The fraction of sp³-hybridized carbons (Fsp3) is 0. The number of guanidine groups is 1. The Morgan fingerprint density at radius 2 is 1.68 bits per heavy atom. The number of nitrogens with zero attached hydrogens (tertiary/aromatic N) is 1. The number of anilines is 1. The van der Waals surface area contributed by atoms with E-state index in [4.69, 9.17) is 23.7 Å². The second-order valence-electron chi connectivity index (χ2n) is 5.34. The summed E-state index contributed by atoms with van der Waals surface area (Å²) in [4.78, 5) is 11.8. The molecule has 0 saturated carbocycles. The summed E-state index contributed by atoms with van der Waals surface area (Å²) in [5, 5.41) is 5.33. The van der Waals surface area contributed by atoms with E-state index in [1.54, 1.807) is 6.08 Å². The fourth-order valence-electron chi connectivity index (χ4n) is 1.96. The van der Waals surface area contributed by atoms with Crippen molar-refractivity contribution in [2.24, 2.45) is 15.9 Å². The van der Waals surface area contributed by atoms with Gasteiger partial charge in [-0.2, -0.15) is 8.42 Å². The van der Waals surface area contributed by atoms with Gasteiger partial charge in [0.25, 0.3) is 10.0 Å². The lowest BCUT2D eigenvalue weighted by atomic mass is 10.2. The summed E-state index contributed by atoms with van der Waals surface area (Å²) < 4.78 is 27.9. The molecule has 0 aliphatic carbocycles. The lowest BCUT2D eigenvalue weighted by molar-refractivity contribution is -0.115. The number of thiocarbonyl (C=S) groups is 1. The van der Waals surface area contributed by atoms with Gasteiger partial charge >= 0.3 is 0 Å². The Hall–Kier alpha value is -2.76. The molecule has 0 bridgehead atoms. The molecule has 0 aromatic heterocycles. The van der Waals surface area contributed by atoms with Crippen LogP contribution in [0.2, 0.25) is 0 Å². The van der Waals surface area contributed by atoms with Crippen molar-refractivity contribution in [2.75, 3.05) is 5.32 Å². The van der Waals surface area contributed by atoms with E-state index in [1.165, 1.54) is 30.3 Å². The minimum atomic E-state index is -3.96. The molecule has 2 aromatic rings. The van der Waals surface area contributed by atoms with Crippen LogP contribution in [0.3, 0.4) is 0 Å². The average Bonchev–Trinajstić information content (AvgIpc) is 2.60. The Kier molecular flexibility index (Phi) is 7.26. The van der Waals surface area contributed by atoms with Gasteiger partial charge in [0, 0.05) is 16.2 Å². The molecule has 11 heteroatoms. The standard InChI is InChI=1S/C17H16BrN5O3S2/c18-12-4-1-11(2-5-12)3-10-15(24)22-17(27)21-13-6-8-14(9-7-13)28(25,26)23-16(19)20/h1-10H,(H4,19,20,23)(H2,21,22,24,27)/b10-3+. The molecule has 2 rings (SSSR count). The maximum absolute atomic E-state index is 11.9. The number of rotatable bonds is 5. The van der Waals surface area contributed by atoms with Crippen molar-refractivity contribution >= 4 is 66.9 Å². The molecule has 0 saturated heterocycles. The van der Waals surface area contributed by atoms with Crippen molar-refractivity contribution in [1.29, 1.82) is 0 Å². The van der Waals surface area contributed by atoms with E-state index >= 15 is 0 Å². The number of nitrogens with two attached hydrogens (primary N) is 2. The molecule has 28 heavy (non-hydrogen) atoms. The fourth-order valence-corrected chi connectivity index (χ4v) is 3.31. The summed E-state index contributed by atoms with van der Waals surface area (Å²) in [5.74, 6) is -0.963. The monoisotopic (exact) mass is 481 g/mol. The highest BCUT2D eigenvalue weighted by atomic mass is 79.9. The number of carbonyl (C=O) groups excluding carboxylic acids is 1. The number of carbonyl (C=O) groups is 1. The zero-order valence-electron chi connectivity index (χ0n) is 14.3. The van der Waals surface area contributed by atoms with Crippen LogP contribution in [0.1, 0.15) is 5.56 Å². The zero-order valence-corrected chi connectivity index (χ0v) is 17.5. The second kappa shape index (κ2) is 9.44. The normalized spacial score (nSPS) is 11.0. The molecular weight excluding hydrogens is 466 g/mol. The van der Waals surface area contributed by atoms with Gasteiger partial charge in [0.1, 0.15) is 0 Å². The summed E-state index contributed by atoms with van der Waals surface area (Å²) in [6.07, 6.45) is 3.00. The third-order valence-electron chi connectivity index (χ3n) is 3.17.